The van der Waals surface area contributed by atoms with Crippen molar-refractivity contribution in [3.8, 4) is 11.4 Å². The maximum Gasteiger partial charge on any atom is 0.215 e. The van der Waals surface area contributed by atoms with Crippen LogP contribution in [-0.2, 0) is 9.59 Å². The number of nitrogens with one attached hydrogen (secondary N) is 2. The second-order valence-corrected chi connectivity index (χ2v) is 6.99. The molecule has 0 spiro atoms. The van der Waals surface area contributed by atoms with E-state index in [-0.39, 0.29) is 12.3 Å². The van der Waals surface area contributed by atoms with Crippen LogP contribution in [0.5, 0.6) is 0 Å². The molecule has 0 saturated carbocycles. The monoisotopic (exact) mass is 380 g/mol. The molecule has 8 nitrogen and oxygen atoms in total. The summed E-state index contributed by atoms with van der Waals surface area (Å²) in [5, 5.41) is 6.70. The first-order valence-corrected chi connectivity index (χ1v) is 9.68. The molecule has 4 rings (SSSR count). The first-order chi connectivity index (χ1) is 13.8. The summed E-state index contributed by atoms with van der Waals surface area (Å²) in [7, 11) is 0. The molecule has 2 atom stereocenters. The van der Waals surface area contributed by atoms with Crippen molar-refractivity contribution in [2.75, 3.05) is 22.9 Å². The van der Waals surface area contributed by atoms with Gasteiger partial charge in [-0.1, -0.05) is 0 Å². The standard InChI is InChI=1S/C20H24N6O2/c27-13-25(17-7-3-9-21-17)15-5-1-11-23-19(15)20-16(6-2-12-24-20)26(14-28)18-8-4-10-22-18/h1-2,5-6,11-14,17-18,21-22H,3-4,7-10H2. The molecule has 0 bridgehead atoms. The number of aromatic nitrogens is 2. The molecule has 2 fully saturated rings. The van der Waals surface area contributed by atoms with Crippen LogP contribution in [0.15, 0.2) is 36.7 Å². The summed E-state index contributed by atoms with van der Waals surface area (Å²) in [5.74, 6) is 0. The number of hydrogen-bond donors (Lipinski definition) is 2. The second kappa shape index (κ2) is 8.45. The molecule has 8 heteroatoms. The largest absolute Gasteiger partial charge is 0.297 e. The van der Waals surface area contributed by atoms with E-state index in [4.69, 9.17) is 0 Å². The van der Waals surface area contributed by atoms with Gasteiger partial charge in [0.05, 0.1) is 23.7 Å². The van der Waals surface area contributed by atoms with Gasteiger partial charge in [-0.25, -0.2) is 0 Å². The number of amides is 2. The van der Waals surface area contributed by atoms with Gasteiger partial charge in [-0.15, -0.1) is 0 Å². The van der Waals surface area contributed by atoms with Crippen LogP contribution in [0.25, 0.3) is 11.4 Å². The third-order valence-corrected chi connectivity index (χ3v) is 5.32. The zero-order valence-electron chi connectivity index (χ0n) is 15.6. The van der Waals surface area contributed by atoms with Gasteiger partial charge < -0.3 is 0 Å². The van der Waals surface area contributed by atoms with Crippen LogP contribution in [-0.4, -0.2) is 48.2 Å². The molecule has 0 aromatic carbocycles. The number of carbonyl (C=O) groups excluding carboxylic acids is 2. The van der Waals surface area contributed by atoms with Gasteiger partial charge in [0.2, 0.25) is 12.8 Å². The van der Waals surface area contributed by atoms with Crippen molar-refractivity contribution in [3.05, 3.63) is 36.7 Å². The van der Waals surface area contributed by atoms with Gasteiger partial charge in [0, 0.05) is 12.4 Å². The summed E-state index contributed by atoms with van der Waals surface area (Å²) in [6.07, 6.45) is 8.71. The lowest BCUT2D eigenvalue weighted by Gasteiger charge is -2.29. The molecular formula is C20H24N6O2. The number of hydrogen-bond acceptors (Lipinski definition) is 6. The zero-order valence-corrected chi connectivity index (χ0v) is 15.6. The molecule has 2 saturated heterocycles. The van der Waals surface area contributed by atoms with E-state index < -0.39 is 0 Å². The smallest absolute Gasteiger partial charge is 0.215 e. The van der Waals surface area contributed by atoms with Crippen molar-refractivity contribution >= 4 is 24.2 Å². The maximum absolute atomic E-state index is 11.9. The Bertz CT molecular complexity index is 763. The van der Waals surface area contributed by atoms with E-state index in [0.717, 1.165) is 51.6 Å². The lowest BCUT2D eigenvalue weighted by molar-refractivity contribution is -0.108. The summed E-state index contributed by atoms with van der Waals surface area (Å²) in [4.78, 5) is 36.3. The van der Waals surface area contributed by atoms with E-state index in [2.05, 4.69) is 20.6 Å². The molecule has 28 heavy (non-hydrogen) atoms. The van der Waals surface area contributed by atoms with Gasteiger partial charge in [0.15, 0.2) is 0 Å². The number of anilines is 2. The quantitative estimate of drug-likeness (QED) is 0.708. The Kier molecular flexibility index (Phi) is 5.59. The Balaban J connectivity index is 1.78. The fourth-order valence-electron chi connectivity index (χ4n) is 3.98. The van der Waals surface area contributed by atoms with Crippen molar-refractivity contribution in [2.24, 2.45) is 0 Å². The summed E-state index contributed by atoms with van der Waals surface area (Å²) in [5.41, 5.74) is 2.54. The molecular weight excluding hydrogens is 356 g/mol. The van der Waals surface area contributed by atoms with Crippen LogP contribution in [0.3, 0.4) is 0 Å². The highest BCUT2D eigenvalue weighted by atomic mass is 16.1. The molecule has 146 valence electrons. The van der Waals surface area contributed by atoms with Crippen LogP contribution >= 0.6 is 0 Å². The maximum atomic E-state index is 11.9. The first-order valence-electron chi connectivity index (χ1n) is 9.68. The van der Waals surface area contributed by atoms with E-state index in [1.807, 2.05) is 24.3 Å². The normalized spacial score (nSPS) is 21.4. The van der Waals surface area contributed by atoms with Crippen molar-refractivity contribution in [2.45, 2.75) is 38.0 Å². The zero-order chi connectivity index (χ0) is 19.3. The Morgan fingerprint density at radius 3 is 1.64 bits per heavy atom. The molecule has 2 aliphatic heterocycles. The molecule has 2 aliphatic rings. The van der Waals surface area contributed by atoms with Crippen LogP contribution < -0.4 is 20.4 Å². The van der Waals surface area contributed by atoms with Crippen molar-refractivity contribution < 1.29 is 9.59 Å². The Morgan fingerprint density at radius 2 is 1.29 bits per heavy atom. The van der Waals surface area contributed by atoms with E-state index in [1.54, 1.807) is 22.2 Å². The predicted octanol–water partition coefficient (Wildman–Crippen LogP) is 1.49. The summed E-state index contributed by atoms with van der Waals surface area (Å²) in [6, 6.07) is 7.36. The molecule has 0 radical (unpaired) electrons. The Morgan fingerprint density at radius 1 is 0.821 bits per heavy atom. The third kappa shape index (κ3) is 3.48. The lowest BCUT2D eigenvalue weighted by Crippen LogP contribution is -2.42. The molecule has 4 heterocycles. The van der Waals surface area contributed by atoms with Crippen LogP contribution in [0.4, 0.5) is 11.4 Å². The fraction of sp³-hybridized carbons (Fsp3) is 0.400. The number of carbonyl (C=O) groups is 2. The average Bonchev–Trinajstić information content (AvgIpc) is 3.45. The van der Waals surface area contributed by atoms with Gasteiger partial charge in [0.25, 0.3) is 0 Å². The molecule has 2 unspecified atom stereocenters. The number of nitrogens with zero attached hydrogens (tertiary/aromatic N) is 4. The minimum absolute atomic E-state index is 0.0636. The topological polar surface area (TPSA) is 90.5 Å². The van der Waals surface area contributed by atoms with Crippen molar-refractivity contribution in [1.82, 2.24) is 20.6 Å². The SMILES string of the molecule is O=CN(c1cccnc1-c1ncccc1N(C=O)C1CCCN1)C1CCCN1. The molecule has 2 aromatic rings. The summed E-state index contributed by atoms with van der Waals surface area (Å²) in [6.45, 7) is 1.76. The highest BCUT2D eigenvalue weighted by molar-refractivity contribution is 5.91. The van der Waals surface area contributed by atoms with E-state index in [0.29, 0.717) is 22.8 Å². The van der Waals surface area contributed by atoms with Gasteiger partial charge >= 0.3 is 0 Å². The fourth-order valence-corrected chi connectivity index (χ4v) is 3.98. The molecule has 2 aromatic heterocycles. The van der Waals surface area contributed by atoms with E-state index in [1.165, 1.54) is 0 Å². The lowest BCUT2D eigenvalue weighted by atomic mass is 10.1. The minimum atomic E-state index is -0.0636. The van der Waals surface area contributed by atoms with E-state index in [9.17, 15) is 9.59 Å². The van der Waals surface area contributed by atoms with Gasteiger partial charge in [-0.2, -0.15) is 0 Å². The first kappa shape index (κ1) is 18.5. The van der Waals surface area contributed by atoms with Crippen LogP contribution in [0.1, 0.15) is 25.7 Å². The Hall–Kier alpha value is -2.84. The van der Waals surface area contributed by atoms with Crippen LogP contribution in [0.2, 0.25) is 0 Å². The summed E-state index contributed by atoms with van der Waals surface area (Å²) >= 11 is 0. The molecule has 2 N–H and O–H groups in total. The summed E-state index contributed by atoms with van der Waals surface area (Å²) < 4.78 is 0. The number of rotatable bonds is 7. The van der Waals surface area contributed by atoms with Gasteiger partial charge in [0.1, 0.15) is 11.4 Å². The van der Waals surface area contributed by atoms with Gasteiger partial charge in [-0.05, 0) is 63.0 Å². The predicted molar refractivity (Wildman–Crippen MR) is 107 cm³/mol. The van der Waals surface area contributed by atoms with Crippen LogP contribution in [0, 0.1) is 0 Å². The van der Waals surface area contributed by atoms with E-state index >= 15 is 0 Å². The minimum Gasteiger partial charge on any atom is -0.297 e. The number of pyridine rings is 2. The molecule has 0 aliphatic carbocycles. The van der Waals surface area contributed by atoms with Crippen molar-refractivity contribution in [3.63, 3.8) is 0 Å². The second-order valence-electron chi connectivity index (χ2n) is 6.99. The Labute approximate surface area is 164 Å². The highest BCUT2D eigenvalue weighted by Crippen LogP contribution is 2.35. The highest BCUT2D eigenvalue weighted by Gasteiger charge is 2.28. The molecule has 2 amide bonds. The average molecular weight is 380 g/mol. The van der Waals surface area contributed by atoms with Crippen molar-refractivity contribution in [1.29, 1.82) is 0 Å². The van der Waals surface area contributed by atoms with Gasteiger partial charge in [-0.3, -0.25) is 40.0 Å². The third-order valence-electron chi connectivity index (χ3n) is 5.32.